The highest BCUT2D eigenvalue weighted by Crippen LogP contribution is 2.02. The van der Waals surface area contributed by atoms with Gasteiger partial charge in [-0.1, -0.05) is 13.3 Å². The molecule has 1 saturated heterocycles. The third kappa shape index (κ3) is 4.05. The fourth-order valence-electron chi connectivity index (χ4n) is 1.51. The van der Waals surface area contributed by atoms with Crippen LogP contribution in [0.4, 0.5) is 4.79 Å². The fraction of sp³-hybridized carbons (Fsp3) is 0.900. The second-order valence-electron chi connectivity index (χ2n) is 3.75. The van der Waals surface area contributed by atoms with Gasteiger partial charge in [0.25, 0.3) is 0 Å². The topological polar surface area (TPSA) is 61.8 Å². The Morgan fingerprint density at radius 2 is 2.47 bits per heavy atom. The molecule has 0 aromatic carbocycles. The van der Waals surface area contributed by atoms with Crippen LogP contribution in [0.5, 0.6) is 0 Å². The van der Waals surface area contributed by atoms with E-state index in [0.29, 0.717) is 26.2 Å². The lowest BCUT2D eigenvalue weighted by atomic mass is 10.2. The first-order valence-electron chi connectivity index (χ1n) is 5.54. The number of rotatable bonds is 4. The molecule has 1 rings (SSSR count). The largest absolute Gasteiger partial charge is 0.449 e. The molecule has 0 aromatic rings. The van der Waals surface area contributed by atoms with E-state index in [-0.39, 0.29) is 18.7 Å². The van der Waals surface area contributed by atoms with E-state index in [1.807, 2.05) is 0 Å². The summed E-state index contributed by atoms with van der Waals surface area (Å²) in [4.78, 5) is 13.2. The number of amides is 1. The van der Waals surface area contributed by atoms with Crippen molar-refractivity contribution in [3.8, 4) is 0 Å². The summed E-state index contributed by atoms with van der Waals surface area (Å²) < 4.78 is 5.09. The van der Waals surface area contributed by atoms with Gasteiger partial charge in [-0.3, -0.25) is 0 Å². The lowest BCUT2D eigenvalue weighted by molar-refractivity contribution is 0.0821. The van der Waals surface area contributed by atoms with Crippen molar-refractivity contribution in [2.45, 2.75) is 25.8 Å². The van der Waals surface area contributed by atoms with Gasteiger partial charge in [-0.25, -0.2) is 4.79 Å². The molecule has 15 heavy (non-hydrogen) atoms. The molecule has 0 unspecified atom stereocenters. The lowest BCUT2D eigenvalue weighted by Gasteiger charge is -2.31. The van der Waals surface area contributed by atoms with E-state index in [4.69, 9.17) is 9.84 Å². The average molecular weight is 216 g/mol. The van der Waals surface area contributed by atoms with Crippen LogP contribution in [-0.4, -0.2) is 55.0 Å². The summed E-state index contributed by atoms with van der Waals surface area (Å²) in [6.45, 7) is 4.50. The molecule has 0 saturated carbocycles. The zero-order valence-electron chi connectivity index (χ0n) is 9.24. The predicted octanol–water partition coefficient (Wildman–Crippen LogP) is 0.189. The summed E-state index contributed by atoms with van der Waals surface area (Å²) in [5, 5.41) is 12.1. The van der Waals surface area contributed by atoms with Crippen molar-refractivity contribution >= 4 is 6.09 Å². The van der Waals surface area contributed by atoms with Crippen LogP contribution < -0.4 is 5.32 Å². The van der Waals surface area contributed by atoms with Gasteiger partial charge in [-0.05, 0) is 6.42 Å². The van der Waals surface area contributed by atoms with Gasteiger partial charge in [-0.15, -0.1) is 0 Å². The first-order chi connectivity index (χ1) is 7.27. The van der Waals surface area contributed by atoms with Gasteiger partial charge in [0.15, 0.2) is 0 Å². The van der Waals surface area contributed by atoms with Crippen molar-refractivity contribution in [1.29, 1.82) is 0 Å². The molecule has 0 radical (unpaired) electrons. The van der Waals surface area contributed by atoms with Crippen molar-refractivity contribution in [2.24, 2.45) is 0 Å². The van der Waals surface area contributed by atoms with E-state index in [0.717, 1.165) is 12.8 Å². The van der Waals surface area contributed by atoms with E-state index >= 15 is 0 Å². The third-order valence-electron chi connectivity index (χ3n) is 2.46. The van der Waals surface area contributed by atoms with Crippen molar-refractivity contribution in [1.82, 2.24) is 10.2 Å². The van der Waals surface area contributed by atoms with Gasteiger partial charge in [0, 0.05) is 25.7 Å². The van der Waals surface area contributed by atoms with Crippen molar-refractivity contribution < 1.29 is 14.6 Å². The van der Waals surface area contributed by atoms with Crippen LogP contribution in [-0.2, 0) is 4.74 Å². The molecule has 2 N–H and O–H groups in total. The number of carbonyl (C=O) groups is 1. The maximum absolute atomic E-state index is 11.5. The Bertz CT molecular complexity index is 199. The molecule has 88 valence electrons. The summed E-state index contributed by atoms with van der Waals surface area (Å²) in [7, 11) is 0. The van der Waals surface area contributed by atoms with Crippen LogP contribution in [0, 0.1) is 0 Å². The SMILES string of the molecule is CCCCOC(=O)N1CCN[C@H](CO)C1. The normalized spacial score (nSPS) is 21.5. The van der Waals surface area contributed by atoms with Gasteiger partial charge in [-0.2, -0.15) is 0 Å². The van der Waals surface area contributed by atoms with E-state index in [1.165, 1.54) is 0 Å². The summed E-state index contributed by atoms with van der Waals surface area (Å²) >= 11 is 0. The average Bonchev–Trinajstić information content (AvgIpc) is 2.29. The van der Waals surface area contributed by atoms with Crippen LogP contribution >= 0.6 is 0 Å². The highest BCUT2D eigenvalue weighted by atomic mass is 16.6. The van der Waals surface area contributed by atoms with Crippen molar-refractivity contribution in [3.05, 3.63) is 0 Å². The zero-order chi connectivity index (χ0) is 11.1. The first-order valence-corrected chi connectivity index (χ1v) is 5.54. The number of aliphatic hydroxyl groups excluding tert-OH is 1. The Labute approximate surface area is 90.4 Å². The van der Waals surface area contributed by atoms with Gasteiger partial charge < -0.3 is 20.1 Å². The smallest absolute Gasteiger partial charge is 0.409 e. The molecule has 5 nitrogen and oxygen atoms in total. The summed E-state index contributed by atoms with van der Waals surface area (Å²) in [6, 6.07) is -0.0162. The van der Waals surface area contributed by atoms with Crippen molar-refractivity contribution in [2.75, 3.05) is 32.8 Å². The number of hydrogen-bond donors (Lipinski definition) is 2. The van der Waals surface area contributed by atoms with E-state index in [2.05, 4.69) is 12.2 Å². The molecule has 1 amide bonds. The van der Waals surface area contributed by atoms with Crippen LogP contribution in [0.25, 0.3) is 0 Å². The molecular weight excluding hydrogens is 196 g/mol. The molecule has 0 spiro atoms. The van der Waals surface area contributed by atoms with Crippen LogP contribution in [0.2, 0.25) is 0 Å². The molecule has 1 atom stereocenters. The van der Waals surface area contributed by atoms with Gasteiger partial charge in [0.1, 0.15) is 0 Å². The first kappa shape index (κ1) is 12.3. The highest BCUT2D eigenvalue weighted by molar-refractivity contribution is 5.67. The maximum atomic E-state index is 11.5. The quantitative estimate of drug-likeness (QED) is 0.659. The number of nitrogens with one attached hydrogen (secondary N) is 1. The molecule has 0 aliphatic carbocycles. The van der Waals surface area contributed by atoms with Crippen LogP contribution in [0.1, 0.15) is 19.8 Å². The summed E-state index contributed by atoms with van der Waals surface area (Å²) in [5.74, 6) is 0. The molecule has 1 heterocycles. The van der Waals surface area contributed by atoms with Gasteiger partial charge in [0.2, 0.25) is 0 Å². The minimum absolute atomic E-state index is 0.0162. The van der Waals surface area contributed by atoms with E-state index in [9.17, 15) is 4.79 Å². The number of piperazine rings is 1. The number of ether oxygens (including phenoxy) is 1. The third-order valence-corrected chi connectivity index (χ3v) is 2.46. The Hall–Kier alpha value is -0.810. The lowest BCUT2D eigenvalue weighted by Crippen LogP contribution is -2.54. The van der Waals surface area contributed by atoms with Crippen LogP contribution in [0.3, 0.4) is 0 Å². The number of unbranched alkanes of at least 4 members (excludes halogenated alkanes) is 1. The molecule has 1 aliphatic rings. The molecule has 1 fully saturated rings. The minimum atomic E-state index is -0.261. The number of carbonyl (C=O) groups excluding carboxylic acids is 1. The molecule has 0 aromatic heterocycles. The fourth-order valence-corrected chi connectivity index (χ4v) is 1.51. The second kappa shape index (κ2) is 6.63. The summed E-state index contributed by atoms with van der Waals surface area (Å²) in [5.41, 5.74) is 0. The van der Waals surface area contributed by atoms with Gasteiger partial charge >= 0.3 is 6.09 Å². The predicted molar refractivity (Wildman–Crippen MR) is 56.7 cm³/mol. The Morgan fingerprint density at radius 3 is 3.13 bits per heavy atom. The van der Waals surface area contributed by atoms with E-state index in [1.54, 1.807) is 4.90 Å². The van der Waals surface area contributed by atoms with Crippen molar-refractivity contribution in [3.63, 3.8) is 0 Å². The Morgan fingerprint density at radius 1 is 1.67 bits per heavy atom. The second-order valence-corrected chi connectivity index (χ2v) is 3.75. The molecular formula is C10H20N2O3. The summed E-state index contributed by atoms with van der Waals surface area (Å²) in [6.07, 6.45) is 1.67. The maximum Gasteiger partial charge on any atom is 0.409 e. The number of hydrogen-bond acceptors (Lipinski definition) is 4. The highest BCUT2D eigenvalue weighted by Gasteiger charge is 2.23. The molecule has 1 aliphatic heterocycles. The monoisotopic (exact) mass is 216 g/mol. The standard InChI is InChI=1S/C10H20N2O3/c1-2-3-6-15-10(14)12-5-4-11-9(7-12)8-13/h9,11,13H,2-8H2,1H3/t9-/m0/s1. The number of nitrogens with zero attached hydrogens (tertiary/aromatic N) is 1. The Balaban J connectivity index is 2.25. The Kier molecular flexibility index (Phi) is 5.42. The zero-order valence-corrected chi connectivity index (χ0v) is 9.24. The van der Waals surface area contributed by atoms with Gasteiger partial charge in [0.05, 0.1) is 13.2 Å². The molecule has 0 bridgehead atoms. The van der Waals surface area contributed by atoms with E-state index < -0.39 is 0 Å². The molecule has 5 heteroatoms. The minimum Gasteiger partial charge on any atom is -0.449 e. The number of aliphatic hydroxyl groups is 1. The van der Waals surface area contributed by atoms with Crippen LogP contribution in [0.15, 0.2) is 0 Å².